The molecule has 1 aromatic heterocycles. The minimum atomic E-state index is -0.839. The van der Waals surface area contributed by atoms with Crippen molar-refractivity contribution in [3.8, 4) is 11.3 Å². The molecule has 49 heavy (non-hydrogen) atoms. The SMILES string of the molecule is COC(=NC(=N)C1=CNC2C=CC(c3cn(C(c4ccccc4)(c4ccccc4)c4ccccc4)nc3-c3ccc(F)cc3)=CN12)C1CC1. The highest BCUT2D eigenvalue weighted by atomic mass is 19.1. The zero-order valence-corrected chi connectivity index (χ0v) is 27.0. The van der Waals surface area contributed by atoms with Crippen LogP contribution < -0.4 is 5.32 Å². The number of aromatic nitrogens is 2. The highest BCUT2D eigenvalue weighted by Gasteiger charge is 2.40. The van der Waals surface area contributed by atoms with Crippen molar-refractivity contribution in [1.29, 1.82) is 5.41 Å². The standard InChI is InChI=1S/C41H35FN6O/c1-49-40(29-17-18-29)45-39(43)36-25-44-37-24-21-30(26-47(36)37)35-27-48(46-38(35)28-19-22-34(42)23-20-28)41(31-11-5-2-6-12-31,32-13-7-3-8-14-32)33-15-9-4-10-16-33/h2-16,19-27,29,37,43-44H,17-18H2,1H3. The fourth-order valence-corrected chi connectivity index (χ4v) is 6.82. The summed E-state index contributed by atoms with van der Waals surface area (Å²) >= 11 is 0. The van der Waals surface area contributed by atoms with E-state index in [2.05, 4.69) is 101 Å². The van der Waals surface area contributed by atoms with E-state index >= 15 is 0 Å². The van der Waals surface area contributed by atoms with Crippen LogP contribution in [0.15, 0.2) is 157 Å². The highest BCUT2D eigenvalue weighted by Crippen LogP contribution is 2.43. The minimum absolute atomic E-state index is 0.135. The number of hydrogen-bond donors (Lipinski definition) is 2. The van der Waals surface area contributed by atoms with Gasteiger partial charge < -0.3 is 15.0 Å². The number of halogens is 1. The summed E-state index contributed by atoms with van der Waals surface area (Å²) in [6.07, 6.45) is 12.0. The third-order valence-corrected chi connectivity index (χ3v) is 9.37. The Morgan fingerprint density at radius 2 is 1.47 bits per heavy atom. The minimum Gasteiger partial charge on any atom is -0.484 e. The summed E-state index contributed by atoms with van der Waals surface area (Å²) in [5.41, 5.74) is 6.20. The van der Waals surface area contributed by atoms with Crippen molar-refractivity contribution in [3.05, 3.63) is 180 Å². The average Bonchev–Trinajstić information content (AvgIpc) is 3.76. The Morgan fingerprint density at radius 1 is 0.878 bits per heavy atom. The molecule has 2 aliphatic heterocycles. The molecular weight excluding hydrogens is 611 g/mol. The van der Waals surface area contributed by atoms with Gasteiger partial charge in [0, 0.05) is 41.2 Å². The molecule has 1 unspecified atom stereocenters. The van der Waals surface area contributed by atoms with E-state index in [1.807, 2.05) is 40.2 Å². The Kier molecular flexibility index (Phi) is 7.76. The molecule has 242 valence electrons. The largest absolute Gasteiger partial charge is 0.484 e. The first-order chi connectivity index (χ1) is 24.1. The lowest BCUT2D eigenvalue weighted by atomic mass is 9.77. The van der Waals surface area contributed by atoms with Crippen LogP contribution in [0.25, 0.3) is 16.8 Å². The molecule has 1 saturated carbocycles. The van der Waals surface area contributed by atoms with Crippen LogP contribution in [-0.2, 0) is 10.3 Å². The van der Waals surface area contributed by atoms with Gasteiger partial charge in [-0.05, 0) is 59.9 Å². The summed E-state index contributed by atoms with van der Waals surface area (Å²) in [4.78, 5) is 6.58. The maximum absolute atomic E-state index is 14.2. The quantitative estimate of drug-likeness (QED) is 0.102. The summed E-state index contributed by atoms with van der Waals surface area (Å²) < 4.78 is 21.8. The molecule has 0 saturated heterocycles. The number of allylic oxidation sites excluding steroid dienone is 2. The molecule has 8 heteroatoms. The van der Waals surface area contributed by atoms with E-state index in [0.29, 0.717) is 17.3 Å². The van der Waals surface area contributed by atoms with Gasteiger partial charge in [0.2, 0.25) is 0 Å². The third-order valence-electron chi connectivity index (χ3n) is 9.37. The van der Waals surface area contributed by atoms with Crippen molar-refractivity contribution in [1.82, 2.24) is 20.0 Å². The number of rotatable bonds is 8. The monoisotopic (exact) mass is 646 g/mol. The van der Waals surface area contributed by atoms with Crippen LogP contribution in [0.2, 0.25) is 0 Å². The average molecular weight is 647 g/mol. The Balaban J connectivity index is 1.32. The number of ether oxygens (including phenoxy) is 1. The number of benzene rings is 4. The van der Waals surface area contributed by atoms with Crippen LogP contribution in [0.4, 0.5) is 4.39 Å². The zero-order valence-electron chi connectivity index (χ0n) is 27.0. The lowest BCUT2D eigenvalue weighted by Gasteiger charge is -2.36. The summed E-state index contributed by atoms with van der Waals surface area (Å²) in [5.74, 6) is 0.710. The fourth-order valence-electron chi connectivity index (χ4n) is 6.82. The molecule has 1 aliphatic carbocycles. The normalized spacial score (nSPS) is 17.2. The lowest BCUT2D eigenvalue weighted by molar-refractivity contribution is 0.386. The van der Waals surface area contributed by atoms with Crippen LogP contribution in [0.5, 0.6) is 0 Å². The van der Waals surface area contributed by atoms with E-state index in [0.717, 1.165) is 46.2 Å². The van der Waals surface area contributed by atoms with Gasteiger partial charge in [0.1, 0.15) is 28.9 Å². The molecule has 0 spiro atoms. The number of amidine groups is 1. The molecule has 3 heterocycles. The van der Waals surface area contributed by atoms with Gasteiger partial charge in [0.05, 0.1) is 7.11 Å². The van der Waals surface area contributed by atoms with Crippen molar-refractivity contribution >= 4 is 17.3 Å². The Labute approximate surface area is 284 Å². The molecule has 3 aliphatic rings. The Morgan fingerprint density at radius 3 is 2.02 bits per heavy atom. The molecule has 0 bridgehead atoms. The molecule has 0 radical (unpaired) electrons. The number of nitrogens with zero attached hydrogens (tertiary/aromatic N) is 4. The van der Waals surface area contributed by atoms with Crippen molar-refractivity contribution in [2.45, 2.75) is 24.5 Å². The van der Waals surface area contributed by atoms with E-state index in [-0.39, 0.29) is 23.7 Å². The predicted molar refractivity (Wildman–Crippen MR) is 191 cm³/mol. The third kappa shape index (κ3) is 5.45. The van der Waals surface area contributed by atoms with Gasteiger partial charge in [0.25, 0.3) is 0 Å². The number of methoxy groups -OCH3 is 1. The van der Waals surface area contributed by atoms with Gasteiger partial charge in [0.15, 0.2) is 11.7 Å². The van der Waals surface area contributed by atoms with E-state index in [9.17, 15) is 4.39 Å². The van der Waals surface area contributed by atoms with Gasteiger partial charge in [-0.3, -0.25) is 10.1 Å². The maximum atomic E-state index is 14.2. The van der Waals surface area contributed by atoms with Crippen molar-refractivity contribution in [2.24, 2.45) is 10.9 Å². The van der Waals surface area contributed by atoms with Gasteiger partial charge in [-0.2, -0.15) is 10.1 Å². The van der Waals surface area contributed by atoms with E-state index in [1.165, 1.54) is 12.1 Å². The van der Waals surface area contributed by atoms with Crippen molar-refractivity contribution in [3.63, 3.8) is 0 Å². The van der Waals surface area contributed by atoms with Crippen molar-refractivity contribution < 1.29 is 9.13 Å². The van der Waals surface area contributed by atoms with Crippen LogP contribution in [0.1, 0.15) is 35.1 Å². The lowest BCUT2D eigenvalue weighted by Crippen LogP contribution is -2.38. The second-order valence-electron chi connectivity index (χ2n) is 12.4. The summed E-state index contributed by atoms with van der Waals surface area (Å²) in [7, 11) is 1.62. The first kappa shape index (κ1) is 30.3. The Bertz CT molecular complexity index is 2020. The first-order valence-electron chi connectivity index (χ1n) is 16.5. The molecule has 7 nitrogen and oxygen atoms in total. The predicted octanol–water partition coefficient (Wildman–Crippen LogP) is 7.94. The smallest absolute Gasteiger partial charge is 0.192 e. The molecule has 1 atom stereocenters. The summed E-state index contributed by atoms with van der Waals surface area (Å²) in [5, 5.41) is 17.6. The molecular formula is C41H35FN6O. The van der Waals surface area contributed by atoms with Crippen LogP contribution in [-0.4, -0.2) is 39.7 Å². The van der Waals surface area contributed by atoms with Gasteiger partial charge in [-0.1, -0.05) is 97.1 Å². The maximum Gasteiger partial charge on any atom is 0.192 e. The highest BCUT2D eigenvalue weighted by molar-refractivity contribution is 6.04. The summed E-state index contributed by atoms with van der Waals surface area (Å²) in [6, 6.07) is 37.7. The number of hydrogen-bond acceptors (Lipinski definition) is 5. The number of fused-ring (bicyclic) bond motifs is 1. The molecule has 0 amide bonds. The van der Waals surface area contributed by atoms with Crippen LogP contribution in [0.3, 0.4) is 0 Å². The molecule has 5 aromatic rings. The zero-order chi connectivity index (χ0) is 33.4. The van der Waals surface area contributed by atoms with E-state index in [1.54, 1.807) is 19.2 Å². The number of nitrogens with one attached hydrogen (secondary N) is 2. The van der Waals surface area contributed by atoms with E-state index < -0.39 is 5.54 Å². The Hall–Kier alpha value is -6.02. The van der Waals surface area contributed by atoms with E-state index in [4.69, 9.17) is 15.2 Å². The van der Waals surface area contributed by atoms with Crippen LogP contribution >= 0.6 is 0 Å². The molecule has 8 rings (SSSR count). The van der Waals surface area contributed by atoms with Gasteiger partial charge >= 0.3 is 0 Å². The first-order valence-corrected chi connectivity index (χ1v) is 16.5. The molecule has 1 fully saturated rings. The molecule has 2 N–H and O–H groups in total. The summed E-state index contributed by atoms with van der Waals surface area (Å²) in [6.45, 7) is 0. The van der Waals surface area contributed by atoms with Crippen molar-refractivity contribution in [2.75, 3.05) is 7.11 Å². The van der Waals surface area contributed by atoms with Crippen LogP contribution in [0, 0.1) is 17.1 Å². The molecule has 4 aromatic carbocycles. The topological polar surface area (TPSA) is 78.5 Å². The van der Waals surface area contributed by atoms with Gasteiger partial charge in [-0.25, -0.2) is 4.39 Å². The van der Waals surface area contributed by atoms with Gasteiger partial charge in [-0.15, -0.1) is 0 Å². The second-order valence-corrected chi connectivity index (χ2v) is 12.4. The second kappa shape index (κ2) is 12.5. The fraction of sp³-hybridized carbons (Fsp3) is 0.146. The number of aliphatic imine (C=N–C) groups is 1.